The fourth-order valence-corrected chi connectivity index (χ4v) is 1.89. The maximum Gasteiger partial charge on any atom is 0.129 e. The molecule has 0 aliphatic heterocycles. The molecule has 1 aromatic rings. The van der Waals surface area contributed by atoms with E-state index in [1.807, 2.05) is 17.0 Å². The molecule has 0 saturated heterocycles. The van der Waals surface area contributed by atoms with Crippen LogP contribution in [-0.4, -0.2) is 24.6 Å². The average molecular weight is 280 g/mol. The number of nitrogens with one attached hydrogen (secondary N) is 1. The van der Waals surface area contributed by atoms with Crippen molar-refractivity contribution in [3.63, 3.8) is 0 Å². The lowest BCUT2D eigenvalue weighted by Gasteiger charge is -2.20. The zero-order valence-electron chi connectivity index (χ0n) is 11.9. The molecule has 104 valence electrons. The van der Waals surface area contributed by atoms with Gasteiger partial charge < -0.3 is 10.2 Å². The Morgan fingerprint density at radius 3 is 2.79 bits per heavy atom. The summed E-state index contributed by atoms with van der Waals surface area (Å²) in [6.45, 7) is 9.42. The number of halogens is 1. The van der Waals surface area contributed by atoms with Crippen molar-refractivity contribution in [1.29, 1.82) is 0 Å². The number of terminal acetylenes is 1. The van der Waals surface area contributed by atoms with Crippen molar-refractivity contribution >= 4 is 17.4 Å². The van der Waals surface area contributed by atoms with Crippen molar-refractivity contribution in [2.75, 3.05) is 24.5 Å². The van der Waals surface area contributed by atoms with Gasteiger partial charge in [-0.1, -0.05) is 31.4 Å². The van der Waals surface area contributed by atoms with Gasteiger partial charge in [0.2, 0.25) is 0 Å². The van der Waals surface area contributed by atoms with Crippen molar-refractivity contribution in [3.8, 4) is 12.3 Å². The summed E-state index contributed by atoms with van der Waals surface area (Å²) in [7, 11) is 0. The van der Waals surface area contributed by atoms with Crippen LogP contribution in [0.4, 0.5) is 5.82 Å². The number of aromatic nitrogens is 1. The molecule has 0 spiro atoms. The van der Waals surface area contributed by atoms with E-state index >= 15 is 0 Å². The Kier molecular flexibility index (Phi) is 6.69. The molecule has 3 nitrogen and oxygen atoms in total. The first kappa shape index (κ1) is 15.8. The molecule has 0 aliphatic rings. The minimum absolute atomic E-state index is 0.560. The maximum atomic E-state index is 6.18. The van der Waals surface area contributed by atoms with Gasteiger partial charge in [0.05, 0.1) is 17.3 Å². The molecule has 0 bridgehead atoms. The summed E-state index contributed by atoms with van der Waals surface area (Å²) in [6, 6.07) is 3.80. The van der Waals surface area contributed by atoms with Crippen LogP contribution in [0.1, 0.15) is 26.5 Å². The predicted molar refractivity (Wildman–Crippen MR) is 82.5 cm³/mol. The van der Waals surface area contributed by atoms with E-state index in [9.17, 15) is 0 Å². The third-order valence-corrected chi connectivity index (χ3v) is 3.08. The van der Waals surface area contributed by atoms with Crippen LogP contribution in [0.15, 0.2) is 12.1 Å². The summed E-state index contributed by atoms with van der Waals surface area (Å²) in [4.78, 5) is 6.64. The molecule has 0 fully saturated rings. The van der Waals surface area contributed by atoms with Gasteiger partial charge in [0, 0.05) is 13.1 Å². The molecule has 0 atom stereocenters. The normalized spacial score (nSPS) is 10.5. The zero-order chi connectivity index (χ0) is 14.3. The first-order valence-corrected chi connectivity index (χ1v) is 7.00. The van der Waals surface area contributed by atoms with E-state index < -0.39 is 0 Å². The average Bonchev–Trinajstić information content (AvgIpc) is 2.38. The van der Waals surface area contributed by atoms with Crippen LogP contribution in [0.5, 0.6) is 0 Å². The summed E-state index contributed by atoms with van der Waals surface area (Å²) in [5.74, 6) is 4.13. The SMILES string of the molecule is C#CCN(CC)c1ccc(Cl)c(CNCC(C)C)n1. The van der Waals surface area contributed by atoms with Crippen LogP contribution in [0, 0.1) is 18.3 Å². The molecule has 0 amide bonds. The first-order chi connectivity index (χ1) is 9.08. The number of pyridine rings is 1. The van der Waals surface area contributed by atoms with E-state index in [4.69, 9.17) is 18.0 Å². The Balaban J connectivity index is 2.78. The van der Waals surface area contributed by atoms with Gasteiger partial charge in [0.25, 0.3) is 0 Å². The summed E-state index contributed by atoms with van der Waals surface area (Å²) < 4.78 is 0. The van der Waals surface area contributed by atoms with Crippen LogP contribution >= 0.6 is 11.6 Å². The molecular formula is C15H22ClN3. The fourth-order valence-electron chi connectivity index (χ4n) is 1.72. The lowest BCUT2D eigenvalue weighted by Crippen LogP contribution is -2.25. The molecule has 1 heterocycles. The minimum atomic E-state index is 0.560. The second kappa shape index (κ2) is 8.04. The van der Waals surface area contributed by atoms with Gasteiger partial charge in [-0.05, 0) is 31.5 Å². The lowest BCUT2D eigenvalue weighted by molar-refractivity contribution is 0.548. The van der Waals surface area contributed by atoms with E-state index in [2.05, 4.69) is 37.0 Å². The smallest absolute Gasteiger partial charge is 0.129 e. The molecule has 1 rings (SSSR count). The second-order valence-corrected chi connectivity index (χ2v) is 5.25. The summed E-state index contributed by atoms with van der Waals surface area (Å²) in [5, 5.41) is 4.04. The van der Waals surface area contributed by atoms with Gasteiger partial charge >= 0.3 is 0 Å². The van der Waals surface area contributed by atoms with E-state index in [1.165, 1.54) is 0 Å². The number of anilines is 1. The van der Waals surface area contributed by atoms with E-state index in [0.717, 1.165) is 24.6 Å². The Morgan fingerprint density at radius 1 is 1.47 bits per heavy atom. The van der Waals surface area contributed by atoms with Crippen molar-refractivity contribution < 1.29 is 0 Å². The van der Waals surface area contributed by atoms with E-state index in [-0.39, 0.29) is 0 Å². The Bertz CT molecular complexity index is 438. The standard InChI is InChI=1S/C15H22ClN3/c1-5-9-19(6-2)15-8-7-13(16)14(18-15)11-17-10-12(3)4/h1,7-8,12,17H,6,9-11H2,2-4H3. The molecule has 1 N–H and O–H groups in total. The fraction of sp³-hybridized carbons (Fsp3) is 0.533. The Labute approximate surface area is 121 Å². The van der Waals surface area contributed by atoms with Crippen LogP contribution in [0.3, 0.4) is 0 Å². The number of nitrogens with zero attached hydrogens (tertiary/aromatic N) is 2. The quantitative estimate of drug-likeness (QED) is 0.778. The molecule has 0 unspecified atom stereocenters. The number of hydrogen-bond acceptors (Lipinski definition) is 3. The molecule has 4 heteroatoms. The monoisotopic (exact) mass is 279 g/mol. The van der Waals surface area contributed by atoms with Crippen LogP contribution in [0.25, 0.3) is 0 Å². The lowest BCUT2D eigenvalue weighted by atomic mass is 10.2. The van der Waals surface area contributed by atoms with Gasteiger partial charge in [0.15, 0.2) is 0 Å². The van der Waals surface area contributed by atoms with Gasteiger partial charge in [0.1, 0.15) is 5.82 Å². The first-order valence-electron chi connectivity index (χ1n) is 6.63. The third-order valence-electron chi connectivity index (χ3n) is 2.74. The van der Waals surface area contributed by atoms with E-state index in [1.54, 1.807) is 0 Å². The van der Waals surface area contributed by atoms with Gasteiger partial charge in [-0.15, -0.1) is 6.42 Å². The predicted octanol–water partition coefficient (Wildman–Crippen LogP) is 2.94. The highest BCUT2D eigenvalue weighted by Crippen LogP contribution is 2.19. The zero-order valence-corrected chi connectivity index (χ0v) is 12.7. The summed E-state index contributed by atoms with van der Waals surface area (Å²) >= 11 is 6.18. The van der Waals surface area contributed by atoms with Gasteiger partial charge in [-0.2, -0.15) is 0 Å². The highest BCUT2D eigenvalue weighted by molar-refractivity contribution is 6.31. The van der Waals surface area contributed by atoms with Crippen molar-refractivity contribution in [3.05, 3.63) is 22.8 Å². The van der Waals surface area contributed by atoms with Gasteiger partial charge in [-0.3, -0.25) is 0 Å². The highest BCUT2D eigenvalue weighted by atomic mass is 35.5. The topological polar surface area (TPSA) is 28.2 Å². The summed E-state index contributed by atoms with van der Waals surface area (Å²) in [5.41, 5.74) is 0.871. The van der Waals surface area contributed by atoms with Crippen LogP contribution < -0.4 is 10.2 Å². The summed E-state index contributed by atoms with van der Waals surface area (Å²) in [6.07, 6.45) is 5.37. The van der Waals surface area contributed by atoms with Crippen molar-refractivity contribution in [2.24, 2.45) is 5.92 Å². The van der Waals surface area contributed by atoms with Gasteiger partial charge in [-0.25, -0.2) is 4.98 Å². The van der Waals surface area contributed by atoms with Crippen molar-refractivity contribution in [2.45, 2.75) is 27.3 Å². The molecule has 0 radical (unpaired) electrons. The minimum Gasteiger partial charge on any atom is -0.346 e. The Morgan fingerprint density at radius 2 is 2.21 bits per heavy atom. The molecule has 0 saturated carbocycles. The molecule has 0 aliphatic carbocycles. The third kappa shape index (κ3) is 5.10. The van der Waals surface area contributed by atoms with Crippen LogP contribution in [0.2, 0.25) is 5.02 Å². The van der Waals surface area contributed by atoms with Crippen molar-refractivity contribution in [1.82, 2.24) is 10.3 Å². The second-order valence-electron chi connectivity index (χ2n) is 4.84. The number of hydrogen-bond donors (Lipinski definition) is 1. The molecule has 1 aromatic heterocycles. The molecular weight excluding hydrogens is 258 g/mol. The highest BCUT2D eigenvalue weighted by Gasteiger charge is 2.08. The van der Waals surface area contributed by atoms with Crippen LogP contribution in [-0.2, 0) is 6.54 Å². The molecule has 0 aromatic carbocycles. The molecule has 19 heavy (non-hydrogen) atoms. The van der Waals surface area contributed by atoms with E-state index in [0.29, 0.717) is 24.0 Å². The maximum absolute atomic E-state index is 6.18. The Hall–Kier alpha value is -1.24. The number of rotatable bonds is 7. The largest absolute Gasteiger partial charge is 0.346 e.